The molecule has 0 spiro atoms. The predicted octanol–water partition coefficient (Wildman–Crippen LogP) is 0.0171. The van der Waals surface area contributed by atoms with Crippen LogP contribution in [0.3, 0.4) is 0 Å². The second-order valence-electron chi connectivity index (χ2n) is 4.01. The van der Waals surface area contributed by atoms with E-state index in [2.05, 4.69) is 0 Å². The van der Waals surface area contributed by atoms with Crippen LogP contribution in [0.5, 0.6) is 0 Å². The van der Waals surface area contributed by atoms with Crippen LogP contribution in [-0.4, -0.2) is 36.7 Å². The molecule has 14 heavy (non-hydrogen) atoms. The number of rotatable bonds is 5. The van der Waals surface area contributed by atoms with Crippen LogP contribution in [0.25, 0.3) is 0 Å². The van der Waals surface area contributed by atoms with Gasteiger partial charge in [-0.15, -0.1) is 0 Å². The summed E-state index contributed by atoms with van der Waals surface area (Å²) in [6.07, 6.45) is 2.96. The summed E-state index contributed by atoms with van der Waals surface area (Å²) in [5, 5.41) is 0. The molecule has 1 amide bonds. The highest BCUT2D eigenvalue weighted by molar-refractivity contribution is 5.82. The van der Waals surface area contributed by atoms with E-state index in [0.29, 0.717) is 12.5 Å². The average Bonchev–Trinajstić information content (AvgIpc) is 3.00. The van der Waals surface area contributed by atoms with E-state index in [0.717, 1.165) is 19.1 Å². The molecule has 0 unspecified atom stereocenters. The second-order valence-corrected chi connectivity index (χ2v) is 4.01. The Kier molecular flexibility index (Phi) is 3.63. The van der Waals surface area contributed by atoms with Crippen LogP contribution < -0.4 is 5.73 Å². The van der Waals surface area contributed by atoms with Gasteiger partial charge in [-0.2, -0.15) is 0 Å². The van der Waals surface area contributed by atoms with E-state index in [4.69, 9.17) is 5.73 Å². The fourth-order valence-electron chi connectivity index (χ4n) is 1.55. The van der Waals surface area contributed by atoms with E-state index in [1.807, 2.05) is 0 Å². The van der Waals surface area contributed by atoms with Gasteiger partial charge in [0.2, 0.25) is 5.91 Å². The maximum absolute atomic E-state index is 11.8. The van der Waals surface area contributed by atoms with Crippen molar-refractivity contribution in [3.05, 3.63) is 0 Å². The van der Waals surface area contributed by atoms with Gasteiger partial charge < -0.3 is 15.4 Å². The Morgan fingerprint density at radius 1 is 1.64 bits per heavy atom. The number of carbonyl (C=O) groups is 2. The molecule has 0 aliphatic heterocycles. The molecule has 0 saturated heterocycles. The zero-order valence-corrected chi connectivity index (χ0v) is 8.77. The summed E-state index contributed by atoms with van der Waals surface area (Å²) in [4.78, 5) is 23.9. The van der Waals surface area contributed by atoms with Crippen molar-refractivity contribution in [2.24, 2.45) is 17.6 Å². The number of nitrogens with zero attached hydrogens (tertiary/aromatic N) is 1. The summed E-state index contributed by atoms with van der Waals surface area (Å²) in [5.74, 6) is 0.380. The van der Waals surface area contributed by atoms with E-state index in [1.165, 1.54) is 4.90 Å². The Labute approximate surface area is 84.4 Å². The van der Waals surface area contributed by atoms with Crippen LogP contribution in [0, 0.1) is 11.8 Å². The normalized spacial score (nSPS) is 19.9. The minimum atomic E-state index is -0.352. The SMILES string of the molecule is C[C@H](C=O)N(C)C(=O)[C@@H](CN)C1CC1. The molecule has 1 fully saturated rings. The molecule has 0 aromatic carbocycles. The lowest BCUT2D eigenvalue weighted by Gasteiger charge is -2.25. The monoisotopic (exact) mass is 198 g/mol. The number of hydrogen-bond acceptors (Lipinski definition) is 3. The van der Waals surface area contributed by atoms with Crippen LogP contribution in [0.2, 0.25) is 0 Å². The lowest BCUT2D eigenvalue weighted by Crippen LogP contribution is -2.43. The maximum Gasteiger partial charge on any atom is 0.227 e. The van der Waals surface area contributed by atoms with E-state index in [9.17, 15) is 9.59 Å². The number of aldehydes is 1. The first-order valence-corrected chi connectivity index (χ1v) is 5.03. The van der Waals surface area contributed by atoms with E-state index in [1.54, 1.807) is 14.0 Å². The third-order valence-corrected chi connectivity index (χ3v) is 2.92. The molecule has 1 aliphatic carbocycles. The highest BCUT2D eigenvalue weighted by Gasteiger charge is 2.37. The predicted molar refractivity (Wildman–Crippen MR) is 53.6 cm³/mol. The van der Waals surface area contributed by atoms with Crippen molar-refractivity contribution >= 4 is 12.2 Å². The first-order chi connectivity index (χ1) is 6.61. The Hall–Kier alpha value is -0.900. The number of carbonyl (C=O) groups excluding carboxylic acids is 2. The van der Waals surface area contributed by atoms with Gasteiger partial charge in [-0.05, 0) is 25.7 Å². The van der Waals surface area contributed by atoms with Gasteiger partial charge in [-0.3, -0.25) is 4.79 Å². The number of hydrogen-bond donors (Lipinski definition) is 1. The molecule has 1 aliphatic rings. The molecule has 0 aromatic heterocycles. The van der Waals surface area contributed by atoms with E-state index in [-0.39, 0.29) is 17.9 Å². The van der Waals surface area contributed by atoms with Gasteiger partial charge >= 0.3 is 0 Å². The molecular weight excluding hydrogens is 180 g/mol. The minimum absolute atomic E-state index is 0.00889. The van der Waals surface area contributed by atoms with Crippen molar-refractivity contribution in [1.29, 1.82) is 0 Å². The molecule has 1 rings (SSSR count). The summed E-state index contributed by atoms with van der Waals surface area (Å²) in [6, 6.07) is -0.352. The number of nitrogens with two attached hydrogens (primary N) is 1. The molecule has 4 nitrogen and oxygen atoms in total. The molecular formula is C10H18N2O2. The van der Waals surface area contributed by atoms with Crippen molar-refractivity contribution in [3.63, 3.8) is 0 Å². The third-order valence-electron chi connectivity index (χ3n) is 2.92. The summed E-state index contributed by atoms with van der Waals surface area (Å²) in [6.45, 7) is 2.10. The van der Waals surface area contributed by atoms with Gasteiger partial charge in [0.1, 0.15) is 6.29 Å². The summed E-state index contributed by atoms with van der Waals surface area (Å²) >= 11 is 0. The standard InChI is InChI=1S/C10H18N2O2/c1-7(6-13)12(2)10(14)9(5-11)8-3-4-8/h6-9H,3-5,11H2,1-2H3/t7-,9+/m1/s1. The first-order valence-electron chi connectivity index (χ1n) is 5.03. The smallest absolute Gasteiger partial charge is 0.227 e. The highest BCUT2D eigenvalue weighted by Crippen LogP contribution is 2.37. The van der Waals surface area contributed by atoms with Crippen molar-refractivity contribution < 1.29 is 9.59 Å². The van der Waals surface area contributed by atoms with Gasteiger partial charge in [0, 0.05) is 13.6 Å². The van der Waals surface area contributed by atoms with Crippen molar-refractivity contribution in [2.75, 3.05) is 13.6 Å². The van der Waals surface area contributed by atoms with Crippen LogP contribution in [0.1, 0.15) is 19.8 Å². The maximum atomic E-state index is 11.8. The highest BCUT2D eigenvalue weighted by atomic mass is 16.2. The molecule has 0 heterocycles. The van der Waals surface area contributed by atoms with Gasteiger partial charge in [0.25, 0.3) is 0 Å². The molecule has 4 heteroatoms. The lowest BCUT2D eigenvalue weighted by atomic mass is 10.0. The Morgan fingerprint density at radius 2 is 2.21 bits per heavy atom. The molecule has 1 saturated carbocycles. The van der Waals surface area contributed by atoms with Gasteiger partial charge in [0.05, 0.1) is 12.0 Å². The molecule has 0 radical (unpaired) electrons. The number of amides is 1. The van der Waals surface area contributed by atoms with Crippen LogP contribution in [-0.2, 0) is 9.59 Å². The Bertz CT molecular complexity index is 226. The fraction of sp³-hybridized carbons (Fsp3) is 0.800. The van der Waals surface area contributed by atoms with Crippen LogP contribution in [0.4, 0.5) is 0 Å². The molecule has 2 N–H and O–H groups in total. The summed E-state index contributed by atoms with van der Waals surface area (Å²) in [7, 11) is 1.66. The topological polar surface area (TPSA) is 63.4 Å². The molecule has 2 atom stereocenters. The lowest BCUT2D eigenvalue weighted by molar-refractivity contribution is -0.138. The van der Waals surface area contributed by atoms with Crippen molar-refractivity contribution in [3.8, 4) is 0 Å². The first kappa shape index (κ1) is 11.2. The van der Waals surface area contributed by atoms with Gasteiger partial charge in [0.15, 0.2) is 0 Å². The fourth-order valence-corrected chi connectivity index (χ4v) is 1.55. The molecule has 0 bridgehead atoms. The van der Waals surface area contributed by atoms with E-state index < -0.39 is 0 Å². The van der Waals surface area contributed by atoms with E-state index >= 15 is 0 Å². The molecule has 80 valence electrons. The number of likely N-dealkylation sites (N-methyl/N-ethyl adjacent to an activating group) is 1. The van der Waals surface area contributed by atoms with Gasteiger partial charge in [-0.1, -0.05) is 0 Å². The Morgan fingerprint density at radius 3 is 2.57 bits per heavy atom. The largest absolute Gasteiger partial charge is 0.336 e. The quantitative estimate of drug-likeness (QED) is 0.633. The van der Waals surface area contributed by atoms with Gasteiger partial charge in [-0.25, -0.2) is 0 Å². The summed E-state index contributed by atoms with van der Waals surface area (Å²) in [5.41, 5.74) is 5.56. The minimum Gasteiger partial charge on any atom is -0.336 e. The molecule has 0 aromatic rings. The third kappa shape index (κ3) is 2.32. The second kappa shape index (κ2) is 4.55. The Balaban J connectivity index is 2.56. The van der Waals surface area contributed by atoms with Crippen molar-refractivity contribution in [2.45, 2.75) is 25.8 Å². The zero-order chi connectivity index (χ0) is 10.7. The zero-order valence-electron chi connectivity index (χ0n) is 8.77. The summed E-state index contributed by atoms with van der Waals surface area (Å²) < 4.78 is 0. The van der Waals surface area contributed by atoms with Crippen LogP contribution in [0.15, 0.2) is 0 Å². The van der Waals surface area contributed by atoms with Crippen LogP contribution >= 0.6 is 0 Å². The van der Waals surface area contributed by atoms with Crippen molar-refractivity contribution in [1.82, 2.24) is 4.90 Å². The average molecular weight is 198 g/mol.